The second kappa shape index (κ2) is 4.19. The van der Waals surface area contributed by atoms with E-state index in [1.807, 2.05) is 18.5 Å². The van der Waals surface area contributed by atoms with Crippen molar-refractivity contribution < 1.29 is 0 Å². The summed E-state index contributed by atoms with van der Waals surface area (Å²) in [5.74, 6) is 0.885. The molecule has 1 N–H and O–H groups in total. The van der Waals surface area contributed by atoms with E-state index in [2.05, 4.69) is 29.5 Å². The number of nitrogens with one attached hydrogen (secondary N) is 1. The summed E-state index contributed by atoms with van der Waals surface area (Å²) in [4.78, 5) is 8.92. The molecule has 0 aliphatic heterocycles. The third-order valence-electron chi connectivity index (χ3n) is 2.08. The number of aryl methyl sites for hydroxylation is 2. The number of hydrogen-bond donors (Lipinski definition) is 2. The first-order valence-electron chi connectivity index (χ1n) is 4.51. The monoisotopic (exact) mass is 224 g/mol. The zero-order chi connectivity index (χ0) is 9.97. The van der Waals surface area contributed by atoms with E-state index in [-0.39, 0.29) is 0 Å². The largest absolute Gasteiger partial charge is 0.367 e. The number of thiazole rings is 1. The molecule has 2 aromatic rings. The fourth-order valence-electron chi connectivity index (χ4n) is 1.34. The number of hydrogen-bond acceptors (Lipinski definition) is 3. The molecule has 0 saturated heterocycles. The minimum Gasteiger partial charge on any atom is -0.367 e. The SMILES string of the molecule is Cc1nc(-c2cc[nH]c2)sc1CCS. The third-order valence-corrected chi connectivity index (χ3v) is 3.57. The van der Waals surface area contributed by atoms with Crippen LogP contribution in [0, 0.1) is 6.92 Å². The Balaban J connectivity index is 2.33. The fraction of sp³-hybridized carbons (Fsp3) is 0.300. The Labute approximate surface area is 92.8 Å². The Kier molecular flexibility index (Phi) is 2.93. The summed E-state index contributed by atoms with van der Waals surface area (Å²) < 4.78 is 0. The molecule has 0 saturated carbocycles. The summed E-state index contributed by atoms with van der Waals surface area (Å²) in [7, 11) is 0. The standard InChI is InChI=1S/C10H12N2S2/c1-7-9(3-5-13)14-10(12-7)8-2-4-11-6-8/h2,4,6,11,13H,3,5H2,1H3. The van der Waals surface area contributed by atoms with Crippen molar-refractivity contribution in [1.82, 2.24) is 9.97 Å². The summed E-state index contributed by atoms with van der Waals surface area (Å²) in [6.45, 7) is 2.06. The summed E-state index contributed by atoms with van der Waals surface area (Å²) in [6.07, 6.45) is 4.91. The van der Waals surface area contributed by atoms with Gasteiger partial charge in [-0.3, -0.25) is 0 Å². The van der Waals surface area contributed by atoms with Crippen LogP contribution in [0.4, 0.5) is 0 Å². The van der Waals surface area contributed by atoms with Gasteiger partial charge < -0.3 is 4.98 Å². The second-order valence-corrected chi connectivity index (χ2v) is 4.63. The molecule has 2 rings (SSSR count). The highest BCUT2D eigenvalue weighted by Gasteiger charge is 2.08. The summed E-state index contributed by atoms with van der Waals surface area (Å²) in [5, 5.41) is 1.10. The first-order valence-corrected chi connectivity index (χ1v) is 5.96. The van der Waals surface area contributed by atoms with Crippen LogP contribution in [0.2, 0.25) is 0 Å². The van der Waals surface area contributed by atoms with E-state index in [0.717, 1.165) is 22.9 Å². The van der Waals surface area contributed by atoms with Crippen molar-refractivity contribution >= 4 is 24.0 Å². The van der Waals surface area contributed by atoms with Gasteiger partial charge in [-0.2, -0.15) is 12.6 Å². The number of aromatic nitrogens is 2. The molecule has 74 valence electrons. The van der Waals surface area contributed by atoms with Gasteiger partial charge in [-0.25, -0.2) is 4.98 Å². The van der Waals surface area contributed by atoms with Gasteiger partial charge in [-0.05, 0) is 25.2 Å². The summed E-state index contributed by atoms with van der Waals surface area (Å²) in [5.41, 5.74) is 2.31. The molecule has 0 fully saturated rings. The molecule has 4 heteroatoms. The third kappa shape index (κ3) is 1.86. The van der Waals surface area contributed by atoms with Gasteiger partial charge in [0.05, 0.1) is 5.69 Å². The second-order valence-electron chi connectivity index (χ2n) is 3.10. The van der Waals surface area contributed by atoms with Crippen molar-refractivity contribution in [3.8, 4) is 10.6 Å². The van der Waals surface area contributed by atoms with Crippen LogP contribution in [0.5, 0.6) is 0 Å². The van der Waals surface area contributed by atoms with Crippen LogP contribution in [0.25, 0.3) is 10.6 Å². The number of H-pyrrole nitrogens is 1. The molecule has 0 aliphatic carbocycles. The van der Waals surface area contributed by atoms with E-state index >= 15 is 0 Å². The number of nitrogens with zero attached hydrogens (tertiary/aromatic N) is 1. The molecule has 2 heterocycles. The molecular formula is C10H12N2S2. The smallest absolute Gasteiger partial charge is 0.125 e. The van der Waals surface area contributed by atoms with E-state index in [9.17, 15) is 0 Å². The highest BCUT2D eigenvalue weighted by atomic mass is 32.1. The molecule has 0 bridgehead atoms. The number of rotatable bonds is 3. The van der Waals surface area contributed by atoms with E-state index < -0.39 is 0 Å². The van der Waals surface area contributed by atoms with Gasteiger partial charge >= 0.3 is 0 Å². The zero-order valence-electron chi connectivity index (χ0n) is 7.95. The van der Waals surface area contributed by atoms with Crippen LogP contribution in [0.15, 0.2) is 18.5 Å². The Bertz CT molecular complexity index is 404. The molecule has 0 atom stereocenters. The minimum atomic E-state index is 0.885. The molecule has 2 aromatic heterocycles. The van der Waals surface area contributed by atoms with Crippen LogP contribution in [0.3, 0.4) is 0 Å². The molecule has 0 aromatic carbocycles. The quantitative estimate of drug-likeness (QED) is 0.771. The number of thiol groups is 1. The lowest BCUT2D eigenvalue weighted by molar-refractivity contribution is 1.13. The van der Waals surface area contributed by atoms with Gasteiger partial charge in [0.15, 0.2) is 0 Å². The molecule has 14 heavy (non-hydrogen) atoms. The molecule has 0 aliphatic rings. The molecule has 0 spiro atoms. The maximum absolute atomic E-state index is 4.54. The Morgan fingerprint density at radius 3 is 3.07 bits per heavy atom. The summed E-state index contributed by atoms with van der Waals surface area (Å²) >= 11 is 6.00. The van der Waals surface area contributed by atoms with Gasteiger partial charge in [0.25, 0.3) is 0 Å². The normalized spacial score (nSPS) is 10.7. The first-order chi connectivity index (χ1) is 6.81. The van der Waals surface area contributed by atoms with Crippen molar-refractivity contribution in [2.75, 3.05) is 5.75 Å². The molecule has 0 amide bonds. The van der Waals surface area contributed by atoms with Crippen LogP contribution >= 0.6 is 24.0 Å². The van der Waals surface area contributed by atoms with Gasteiger partial charge in [0.2, 0.25) is 0 Å². The highest BCUT2D eigenvalue weighted by molar-refractivity contribution is 7.80. The highest BCUT2D eigenvalue weighted by Crippen LogP contribution is 2.27. The van der Waals surface area contributed by atoms with Crippen molar-refractivity contribution in [1.29, 1.82) is 0 Å². The van der Waals surface area contributed by atoms with Crippen LogP contribution in [-0.4, -0.2) is 15.7 Å². The van der Waals surface area contributed by atoms with E-state index in [4.69, 9.17) is 0 Å². The van der Waals surface area contributed by atoms with Gasteiger partial charge in [0.1, 0.15) is 5.01 Å². The predicted octanol–water partition coefficient (Wildman–Crippen LogP) is 2.92. The van der Waals surface area contributed by atoms with E-state index in [0.29, 0.717) is 0 Å². The van der Waals surface area contributed by atoms with Crippen LogP contribution < -0.4 is 0 Å². The lowest BCUT2D eigenvalue weighted by atomic mass is 10.3. The average Bonchev–Trinajstić information content (AvgIpc) is 2.76. The molecule has 2 nitrogen and oxygen atoms in total. The minimum absolute atomic E-state index is 0.885. The average molecular weight is 224 g/mol. The first kappa shape index (κ1) is 9.80. The van der Waals surface area contributed by atoms with Crippen molar-refractivity contribution in [2.24, 2.45) is 0 Å². The topological polar surface area (TPSA) is 28.7 Å². The van der Waals surface area contributed by atoms with Crippen molar-refractivity contribution in [3.63, 3.8) is 0 Å². The summed E-state index contributed by atoms with van der Waals surface area (Å²) in [6, 6.07) is 2.04. The van der Waals surface area contributed by atoms with E-state index in [1.165, 1.54) is 10.4 Å². The Hall–Kier alpha value is -0.740. The lowest BCUT2D eigenvalue weighted by Gasteiger charge is -1.90. The van der Waals surface area contributed by atoms with Crippen molar-refractivity contribution in [3.05, 3.63) is 29.0 Å². The Morgan fingerprint density at radius 2 is 2.43 bits per heavy atom. The van der Waals surface area contributed by atoms with Crippen LogP contribution in [0.1, 0.15) is 10.6 Å². The lowest BCUT2D eigenvalue weighted by Crippen LogP contribution is -1.84. The maximum Gasteiger partial charge on any atom is 0.125 e. The molecular weight excluding hydrogens is 212 g/mol. The van der Waals surface area contributed by atoms with Gasteiger partial charge in [0, 0.05) is 22.8 Å². The predicted molar refractivity (Wildman–Crippen MR) is 64.2 cm³/mol. The number of aromatic amines is 1. The van der Waals surface area contributed by atoms with E-state index in [1.54, 1.807) is 11.3 Å². The fourth-order valence-corrected chi connectivity index (χ4v) is 2.78. The van der Waals surface area contributed by atoms with Crippen molar-refractivity contribution in [2.45, 2.75) is 13.3 Å². The molecule has 0 radical (unpaired) electrons. The van der Waals surface area contributed by atoms with Gasteiger partial charge in [-0.15, -0.1) is 11.3 Å². The van der Waals surface area contributed by atoms with Gasteiger partial charge in [-0.1, -0.05) is 0 Å². The zero-order valence-corrected chi connectivity index (χ0v) is 9.66. The maximum atomic E-state index is 4.54. The van der Waals surface area contributed by atoms with Crippen LogP contribution in [-0.2, 0) is 6.42 Å². The Morgan fingerprint density at radius 1 is 1.57 bits per heavy atom. The molecule has 0 unspecified atom stereocenters.